The minimum absolute atomic E-state index is 0.292. The second kappa shape index (κ2) is 6.22. The monoisotopic (exact) mass is 276 g/mol. The molecule has 5 heteroatoms. The first-order valence-corrected chi connectivity index (χ1v) is 6.05. The molecule has 0 aliphatic heterocycles. The number of benzene rings is 2. The normalized spacial score (nSPS) is 10.2. The molecule has 0 aliphatic rings. The molecule has 0 spiro atoms. The third-order valence-electron chi connectivity index (χ3n) is 2.50. The van der Waals surface area contributed by atoms with Crippen LogP contribution in [0.5, 0.6) is 0 Å². The van der Waals surface area contributed by atoms with Crippen molar-refractivity contribution in [3.63, 3.8) is 0 Å². The van der Waals surface area contributed by atoms with Gasteiger partial charge >= 0.3 is 0 Å². The van der Waals surface area contributed by atoms with Crippen molar-refractivity contribution < 1.29 is 9.63 Å². The summed E-state index contributed by atoms with van der Waals surface area (Å²) in [6.07, 6.45) is 0. The van der Waals surface area contributed by atoms with Crippen LogP contribution in [0.3, 0.4) is 0 Å². The average Bonchev–Trinajstić information content (AvgIpc) is 2.39. The molecule has 1 amide bonds. The van der Waals surface area contributed by atoms with E-state index in [0.717, 1.165) is 5.56 Å². The van der Waals surface area contributed by atoms with Crippen molar-refractivity contribution in [3.8, 4) is 0 Å². The van der Waals surface area contributed by atoms with Gasteiger partial charge in [-0.2, -0.15) is 0 Å². The molecule has 0 bridgehead atoms. The van der Waals surface area contributed by atoms with E-state index in [-0.39, 0.29) is 0 Å². The number of hydrogen-bond acceptors (Lipinski definition) is 3. The number of rotatable bonds is 4. The summed E-state index contributed by atoms with van der Waals surface area (Å²) in [6, 6.07) is 14.2. The van der Waals surface area contributed by atoms with Gasteiger partial charge in [0, 0.05) is 10.7 Å². The van der Waals surface area contributed by atoms with Crippen molar-refractivity contribution in [1.29, 1.82) is 0 Å². The number of nitrogens with two attached hydrogens (primary N) is 1. The van der Waals surface area contributed by atoms with Gasteiger partial charge in [0.2, 0.25) is 0 Å². The first-order chi connectivity index (χ1) is 9.16. The maximum atomic E-state index is 11.8. The molecule has 4 nitrogen and oxygen atoms in total. The third kappa shape index (κ3) is 3.71. The van der Waals surface area contributed by atoms with Crippen LogP contribution in [-0.2, 0) is 11.4 Å². The predicted octanol–water partition coefficient (Wildman–Crippen LogP) is 2.78. The molecule has 0 aromatic heterocycles. The van der Waals surface area contributed by atoms with E-state index in [9.17, 15) is 4.79 Å². The average molecular weight is 277 g/mol. The molecule has 0 radical (unpaired) electrons. The first kappa shape index (κ1) is 13.4. The maximum Gasteiger partial charge on any atom is 0.276 e. The fraction of sp³-hybridized carbons (Fsp3) is 0.0714. The van der Waals surface area contributed by atoms with E-state index >= 15 is 0 Å². The molecule has 0 atom stereocenters. The van der Waals surface area contributed by atoms with Gasteiger partial charge in [0.15, 0.2) is 0 Å². The zero-order valence-electron chi connectivity index (χ0n) is 10.1. The van der Waals surface area contributed by atoms with Gasteiger partial charge in [-0.05, 0) is 23.8 Å². The number of nitrogens with one attached hydrogen (secondary N) is 1. The number of amides is 1. The number of carbonyl (C=O) groups is 1. The largest absolute Gasteiger partial charge is 0.398 e. The highest BCUT2D eigenvalue weighted by molar-refractivity contribution is 6.31. The van der Waals surface area contributed by atoms with Gasteiger partial charge in [0.1, 0.15) is 0 Å². The lowest BCUT2D eigenvalue weighted by Gasteiger charge is -2.08. The van der Waals surface area contributed by atoms with Crippen molar-refractivity contribution in [2.45, 2.75) is 6.61 Å². The molecule has 2 rings (SSSR count). The number of anilines is 1. The number of nitrogen functional groups attached to an aromatic ring is 1. The van der Waals surface area contributed by atoms with Crippen molar-refractivity contribution in [2.75, 3.05) is 5.73 Å². The summed E-state index contributed by atoms with van der Waals surface area (Å²) >= 11 is 5.76. The Morgan fingerprint density at radius 2 is 1.95 bits per heavy atom. The molecule has 0 fully saturated rings. The zero-order valence-corrected chi connectivity index (χ0v) is 10.9. The highest BCUT2D eigenvalue weighted by Crippen LogP contribution is 2.17. The van der Waals surface area contributed by atoms with Gasteiger partial charge in [-0.15, -0.1) is 0 Å². The Kier molecular flexibility index (Phi) is 4.39. The van der Waals surface area contributed by atoms with E-state index in [1.807, 2.05) is 30.3 Å². The van der Waals surface area contributed by atoms with Crippen LogP contribution in [0.15, 0.2) is 48.5 Å². The fourth-order valence-electron chi connectivity index (χ4n) is 1.55. The highest BCUT2D eigenvalue weighted by atomic mass is 35.5. The zero-order chi connectivity index (χ0) is 13.7. The van der Waals surface area contributed by atoms with Crippen molar-refractivity contribution in [1.82, 2.24) is 5.48 Å². The van der Waals surface area contributed by atoms with Crippen molar-refractivity contribution in [2.24, 2.45) is 0 Å². The first-order valence-electron chi connectivity index (χ1n) is 5.68. The molecule has 0 saturated heterocycles. The SMILES string of the molecule is Nc1cc(Cl)ccc1C(=O)NOCc1ccccc1. The molecule has 98 valence electrons. The van der Waals surface area contributed by atoms with Gasteiger partial charge in [0.25, 0.3) is 5.91 Å². The summed E-state index contributed by atoms with van der Waals surface area (Å²) < 4.78 is 0. The fourth-order valence-corrected chi connectivity index (χ4v) is 1.74. The van der Waals surface area contributed by atoms with Crippen LogP contribution in [0.2, 0.25) is 5.02 Å². The quantitative estimate of drug-likeness (QED) is 0.667. The minimum Gasteiger partial charge on any atom is -0.398 e. The van der Waals surface area contributed by atoms with Crippen molar-refractivity contribution in [3.05, 3.63) is 64.7 Å². The number of hydrogen-bond donors (Lipinski definition) is 2. The Hall–Kier alpha value is -2.04. The maximum absolute atomic E-state index is 11.8. The van der Waals surface area contributed by atoms with E-state index in [0.29, 0.717) is 22.9 Å². The lowest BCUT2D eigenvalue weighted by molar-refractivity contribution is 0.0234. The van der Waals surface area contributed by atoms with Gasteiger partial charge in [-0.3, -0.25) is 9.63 Å². The van der Waals surface area contributed by atoms with E-state index < -0.39 is 5.91 Å². The topological polar surface area (TPSA) is 64.4 Å². The van der Waals surface area contributed by atoms with Crippen LogP contribution in [0.4, 0.5) is 5.69 Å². The van der Waals surface area contributed by atoms with Crippen molar-refractivity contribution >= 4 is 23.2 Å². The summed E-state index contributed by atoms with van der Waals surface area (Å²) in [5.41, 5.74) is 9.66. The van der Waals surface area contributed by atoms with E-state index in [1.165, 1.54) is 6.07 Å². The van der Waals surface area contributed by atoms with Crippen LogP contribution in [0.25, 0.3) is 0 Å². The second-order valence-electron chi connectivity index (χ2n) is 3.94. The lowest BCUT2D eigenvalue weighted by Crippen LogP contribution is -2.24. The number of halogens is 1. The summed E-state index contributed by atoms with van der Waals surface area (Å²) in [4.78, 5) is 16.9. The Labute approximate surface area is 116 Å². The van der Waals surface area contributed by atoms with Crippen LogP contribution in [0.1, 0.15) is 15.9 Å². The smallest absolute Gasteiger partial charge is 0.276 e. The summed E-state index contributed by atoms with van der Waals surface area (Å²) in [7, 11) is 0. The van der Waals surface area contributed by atoms with Crippen LogP contribution in [-0.4, -0.2) is 5.91 Å². The predicted molar refractivity (Wildman–Crippen MR) is 74.6 cm³/mol. The van der Waals surface area contributed by atoms with Crippen LogP contribution in [0, 0.1) is 0 Å². The van der Waals surface area contributed by atoms with E-state index in [4.69, 9.17) is 22.2 Å². The third-order valence-corrected chi connectivity index (χ3v) is 2.74. The lowest BCUT2D eigenvalue weighted by atomic mass is 10.2. The summed E-state index contributed by atoms with van der Waals surface area (Å²) in [5.74, 6) is -0.398. The van der Waals surface area contributed by atoms with Gasteiger partial charge in [-0.1, -0.05) is 41.9 Å². The Morgan fingerprint density at radius 3 is 2.63 bits per heavy atom. The van der Waals surface area contributed by atoms with Gasteiger partial charge in [-0.25, -0.2) is 5.48 Å². The Morgan fingerprint density at radius 1 is 1.21 bits per heavy atom. The van der Waals surface area contributed by atoms with Gasteiger partial charge < -0.3 is 5.73 Å². The molecule has 19 heavy (non-hydrogen) atoms. The standard InChI is InChI=1S/C14H13ClN2O2/c15-11-6-7-12(13(16)8-11)14(18)17-19-9-10-4-2-1-3-5-10/h1-8H,9,16H2,(H,17,18). The summed E-state index contributed by atoms with van der Waals surface area (Å²) in [6.45, 7) is 0.292. The number of carbonyl (C=O) groups excluding carboxylic acids is 1. The molecule has 0 aliphatic carbocycles. The Balaban J connectivity index is 1.91. The molecular formula is C14H13ClN2O2. The molecule has 0 unspecified atom stereocenters. The van der Waals surface area contributed by atoms with E-state index in [2.05, 4.69) is 5.48 Å². The molecule has 0 saturated carbocycles. The van der Waals surface area contributed by atoms with E-state index in [1.54, 1.807) is 12.1 Å². The molecule has 2 aromatic carbocycles. The van der Waals surface area contributed by atoms with Crippen LogP contribution < -0.4 is 11.2 Å². The van der Waals surface area contributed by atoms with Gasteiger partial charge in [0.05, 0.1) is 12.2 Å². The minimum atomic E-state index is -0.398. The molecule has 0 heterocycles. The Bertz CT molecular complexity index is 573. The molecule has 3 N–H and O–H groups in total. The second-order valence-corrected chi connectivity index (χ2v) is 4.37. The molecule has 2 aromatic rings. The molecular weight excluding hydrogens is 264 g/mol. The van der Waals surface area contributed by atoms with Crippen LogP contribution >= 0.6 is 11.6 Å². The summed E-state index contributed by atoms with van der Waals surface area (Å²) in [5, 5.41) is 0.485. The number of hydroxylamine groups is 1. The highest BCUT2D eigenvalue weighted by Gasteiger charge is 2.09.